The Balaban J connectivity index is 0.000000451. The van der Waals surface area contributed by atoms with Crippen LogP contribution < -0.4 is 0 Å². The van der Waals surface area contributed by atoms with Crippen LogP contribution in [0.25, 0.3) is 0 Å². The molecule has 0 spiro atoms. The normalized spacial score (nSPS) is 15.7. The van der Waals surface area contributed by atoms with E-state index in [0.29, 0.717) is 19.0 Å². The first-order chi connectivity index (χ1) is 15.0. The zero-order valence-corrected chi connectivity index (χ0v) is 18.6. The second-order valence-corrected chi connectivity index (χ2v) is 8.18. The molecule has 32 heavy (non-hydrogen) atoms. The molecule has 0 radical (unpaired) electrons. The number of hydrogen-bond acceptors (Lipinski definition) is 4. The van der Waals surface area contributed by atoms with Gasteiger partial charge in [-0.05, 0) is 51.2 Å². The van der Waals surface area contributed by atoms with Crippen LogP contribution in [-0.4, -0.2) is 69.7 Å². The number of aryl methyl sites for hydroxylation is 1. The summed E-state index contributed by atoms with van der Waals surface area (Å²) in [5.41, 5.74) is 2.26. The van der Waals surface area contributed by atoms with Crippen molar-refractivity contribution in [2.45, 2.75) is 38.0 Å². The largest absolute Gasteiger partial charge is 0.490 e. The van der Waals surface area contributed by atoms with Crippen LogP contribution in [0.5, 0.6) is 0 Å². The van der Waals surface area contributed by atoms with Crippen LogP contribution >= 0.6 is 11.6 Å². The smallest absolute Gasteiger partial charge is 0.475 e. The fraction of sp³-hybridized carbons (Fsp3) is 0.476. The summed E-state index contributed by atoms with van der Waals surface area (Å²) in [6.07, 6.45) is 0.966. The van der Waals surface area contributed by atoms with Crippen molar-refractivity contribution in [1.82, 2.24) is 19.4 Å². The van der Waals surface area contributed by atoms with Crippen molar-refractivity contribution in [1.29, 1.82) is 0 Å². The van der Waals surface area contributed by atoms with E-state index in [4.69, 9.17) is 21.5 Å². The fourth-order valence-electron chi connectivity index (χ4n) is 3.27. The first-order valence-corrected chi connectivity index (χ1v) is 10.3. The maximum Gasteiger partial charge on any atom is 0.490 e. The average molecular weight is 475 g/mol. The molecule has 0 bridgehead atoms. The van der Waals surface area contributed by atoms with E-state index in [9.17, 15) is 18.0 Å². The number of carbonyl (C=O) groups excluding carboxylic acids is 1. The third-order valence-corrected chi connectivity index (χ3v) is 5.22. The van der Waals surface area contributed by atoms with Crippen molar-refractivity contribution in [3.8, 4) is 0 Å². The molecular weight excluding hydrogens is 449 g/mol. The van der Waals surface area contributed by atoms with Crippen LogP contribution in [0.15, 0.2) is 36.8 Å². The maximum atomic E-state index is 12.7. The molecule has 1 amide bonds. The molecule has 0 aliphatic carbocycles. The molecule has 1 N–H and O–H groups in total. The quantitative estimate of drug-likeness (QED) is 0.691. The van der Waals surface area contributed by atoms with Crippen molar-refractivity contribution in [3.63, 3.8) is 0 Å². The van der Waals surface area contributed by atoms with Gasteiger partial charge in [-0.2, -0.15) is 13.2 Å². The van der Waals surface area contributed by atoms with Gasteiger partial charge in [-0.15, -0.1) is 0 Å². The van der Waals surface area contributed by atoms with Crippen molar-refractivity contribution in [3.05, 3.63) is 53.1 Å². The van der Waals surface area contributed by atoms with E-state index in [-0.39, 0.29) is 5.91 Å². The molecule has 11 heteroatoms. The first-order valence-electron chi connectivity index (χ1n) is 9.95. The SMILES string of the molecule is CN(C)CCC1CN(C(=O)CCc2ccc(Cl)cc2)Cc2cncn21.O=C(O)C(F)(F)F. The molecule has 176 valence electrons. The van der Waals surface area contributed by atoms with E-state index in [1.807, 2.05) is 41.7 Å². The standard InChI is InChI=1S/C19H25ClN4O.C2HF3O2/c1-22(2)10-9-17-12-23(13-18-11-21-14-24(17)18)19(25)8-5-15-3-6-16(20)7-4-15;3-2(4,5)1(6)7/h3-4,6-7,11,14,17H,5,8-10,12-13H2,1-2H3;(H,6,7). The van der Waals surface area contributed by atoms with Crippen LogP contribution in [-0.2, 0) is 22.6 Å². The van der Waals surface area contributed by atoms with Crippen LogP contribution in [0.4, 0.5) is 13.2 Å². The number of amides is 1. The van der Waals surface area contributed by atoms with Gasteiger partial charge >= 0.3 is 12.1 Å². The van der Waals surface area contributed by atoms with Gasteiger partial charge < -0.3 is 19.5 Å². The van der Waals surface area contributed by atoms with Crippen LogP contribution in [0, 0.1) is 0 Å². The summed E-state index contributed by atoms with van der Waals surface area (Å²) < 4.78 is 34.0. The minimum absolute atomic E-state index is 0.206. The summed E-state index contributed by atoms with van der Waals surface area (Å²) in [4.78, 5) is 30.0. The van der Waals surface area contributed by atoms with Gasteiger partial charge in [0.2, 0.25) is 5.91 Å². The zero-order chi connectivity index (χ0) is 23.9. The highest BCUT2D eigenvalue weighted by Crippen LogP contribution is 2.24. The number of aliphatic carboxylic acids is 1. The molecule has 1 aromatic heterocycles. The van der Waals surface area contributed by atoms with E-state index in [1.165, 1.54) is 0 Å². The summed E-state index contributed by atoms with van der Waals surface area (Å²) in [5.74, 6) is -2.55. The number of carboxylic acid groups (broad SMARTS) is 1. The van der Waals surface area contributed by atoms with Crippen molar-refractivity contribution in [2.24, 2.45) is 0 Å². The highest BCUT2D eigenvalue weighted by molar-refractivity contribution is 6.30. The third kappa shape index (κ3) is 7.83. The second-order valence-electron chi connectivity index (χ2n) is 7.74. The van der Waals surface area contributed by atoms with Crippen molar-refractivity contribution < 1.29 is 27.9 Å². The van der Waals surface area contributed by atoms with Gasteiger partial charge in [0.05, 0.1) is 24.6 Å². The highest BCUT2D eigenvalue weighted by Gasteiger charge is 2.38. The molecule has 7 nitrogen and oxygen atoms in total. The number of carbonyl (C=O) groups is 2. The Kier molecular flexibility index (Phi) is 9.09. The lowest BCUT2D eigenvalue weighted by molar-refractivity contribution is -0.192. The minimum atomic E-state index is -5.08. The van der Waals surface area contributed by atoms with Crippen molar-refractivity contribution >= 4 is 23.5 Å². The average Bonchev–Trinajstić information content (AvgIpc) is 3.20. The van der Waals surface area contributed by atoms with Crippen LogP contribution in [0.3, 0.4) is 0 Å². The van der Waals surface area contributed by atoms with Gasteiger partial charge in [0.25, 0.3) is 0 Å². The lowest BCUT2D eigenvalue weighted by Crippen LogP contribution is -2.41. The summed E-state index contributed by atoms with van der Waals surface area (Å²) in [7, 11) is 4.15. The zero-order valence-electron chi connectivity index (χ0n) is 17.8. The van der Waals surface area contributed by atoms with E-state index >= 15 is 0 Å². The molecule has 1 aromatic carbocycles. The first kappa shape index (κ1) is 25.7. The topological polar surface area (TPSA) is 78.7 Å². The van der Waals surface area contributed by atoms with Crippen LogP contribution in [0.2, 0.25) is 5.02 Å². The number of rotatable bonds is 6. The number of alkyl halides is 3. The Hall–Kier alpha value is -2.59. The second kappa shape index (κ2) is 11.3. The Bertz CT molecular complexity index is 900. The Morgan fingerprint density at radius 2 is 1.88 bits per heavy atom. The number of benzene rings is 1. The summed E-state index contributed by atoms with van der Waals surface area (Å²) in [5, 5.41) is 7.85. The predicted octanol–water partition coefficient (Wildman–Crippen LogP) is 3.64. The molecule has 3 rings (SSSR count). The minimum Gasteiger partial charge on any atom is -0.475 e. The predicted molar refractivity (Wildman–Crippen MR) is 113 cm³/mol. The molecule has 0 fully saturated rings. The van der Waals surface area contributed by atoms with E-state index in [0.717, 1.165) is 42.2 Å². The van der Waals surface area contributed by atoms with E-state index in [1.54, 1.807) is 0 Å². The highest BCUT2D eigenvalue weighted by atomic mass is 35.5. The summed E-state index contributed by atoms with van der Waals surface area (Å²) in [6.45, 7) is 2.41. The van der Waals surface area contributed by atoms with Crippen LogP contribution in [0.1, 0.15) is 30.1 Å². The lowest BCUT2D eigenvalue weighted by Gasteiger charge is -2.35. The monoisotopic (exact) mass is 474 g/mol. The molecule has 1 unspecified atom stereocenters. The van der Waals surface area contributed by atoms with Gasteiger partial charge in [-0.3, -0.25) is 4.79 Å². The maximum absolute atomic E-state index is 12.7. The molecule has 0 saturated heterocycles. The third-order valence-electron chi connectivity index (χ3n) is 4.97. The summed E-state index contributed by atoms with van der Waals surface area (Å²) >= 11 is 5.91. The van der Waals surface area contributed by atoms with Gasteiger partial charge in [0.15, 0.2) is 0 Å². The van der Waals surface area contributed by atoms with Gasteiger partial charge in [0.1, 0.15) is 0 Å². The molecular formula is C21H26ClF3N4O3. The van der Waals surface area contributed by atoms with Crippen molar-refractivity contribution in [2.75, 3.05) is 27.2 Å². The fourth-order valence-corrected chi connectivity index (χ4v) is 3.40. The number of halogens is 4. The Morgan fingerprint density at radius 1 is 1.25 bits per heavy atom. The van der Waals surface area contributed by atoms with Gasteiger partial charge in [-0.1, -0.05) is 23.7 Å². The Labute approximate surface area is 189 Å². The van der Waals surface area contributed by atoms with E-state index in [2.05, 4.69) is 28.5 Å². The number of fused-ring (bicyclic) bond motifs is 1. The van der Waals surface area contributed by atoms with E-state index < -0.39 is 12.1 Å². The number of aromatic nitrogens is 2. The summed E-state index contributed by atoms with van der Waals surface area (Å²) in [6, 6.07) is 8.02. The Morgan fingerprint density at radius 3 is 2.44 bits per heavy atom. The number of hydrogen-bond donors (Lipinski definition) is 1. The molecule has 2 heterocycles. The lowest BCUT2D eigenvalue weighted by atomic mass is 10.1. The molecule has 1 aliphatic heterocycles. The molecule has 0 saturated carbocycles. The molecule has 2 aromatic rings. The van der Waals surface area contributed by atoms with Gasteiger partial charge in [-0.25, -0.2) is 9.78 Å². The van der Waals surface area contributed by atoms with Gasteiger partial charge in [0, 0.05) is 24.2 Å². The number of imidazole rings is 1. The number of carboxylic acids is 1. The molecule has 1 aliphatic rings. The number of nitrogens with zero attached hydrogens (tertiary/aromatic N) is 4. The molecule has 1 atom stereocenters.